The van der Waals surface area contributed by atoms with Gasteiger partial charge in [0, 0.05) is 22.8 Å². The highest BCUT2D eigenvalue weighted by Gasteiger charge is 2.26. The molecule has 0 amide bonds. The third-order valence-electron chi connectivity index (χ3n) is 3.16. The van der Waals surface area contributed by atoms with Crippen molar-refractivity contribution >= 4 is 37.6 Å². The van der Waals surface area contributed by atoms with Crippen molar-refractivity contribution in [2.75, 3.05) is 0 Å². The number of sulfonamides is 1. The number of rotatable bonds is 3. The molecule has 0 bridgehead atoms. The molecule has 0 spiro atoms. The zero-order valence-electron chi connectivity index (χ0n) is 10.1. The van der Waals surface area contributed by atoms with Crippen LogP contribution in [0.5, 0.6) is 0 Å². The lowest BCUT2D eigenvalue weighted by molar-refractivity contribution is 0.373. The first kappa shape index (κ1) is 15.2. The smallest absolute Gasteiger partial charge is 0.243 e. The summed E-state index contributed by atoms with van der Waals surface area (Å²) in [4.78, 5) is 3.83. The lowest BCUT2D eigenvalue weighted by Gasteiger charge is -2.26. The zero-order valence-corrected chi connectivity index (χ0v) is 13.3. The monoisotopic (exact) mass is 367 g/mol. The molecule has 1 saturated carbocycles. The summed E-state index contributed by atoms with van der Waals surface area (Å²) in [6, 6.07) is 1.54. The van der Waals surface area contributed by atoms with Gasteiger partial charge in [-0.2, -0.15) is 0 Å². The molecule has 0 aromatic carbocycles. The molecule has 0 atom stereocenters. The first-order chi connectivity index (χ1) is 8.88. The Kier molecular flexibility index (Phi) is 4.84. The zero-order chi connectivity index (χ0) is 14.0. The van der Waals surface area contributed by atoms with Crippen LogP contribution in [0.25, 0.3) is 0 Å². The summed E-state index contributed by atoms with van der Waals surface area (Å²) in [5, 5.41) is -0.0248. The molecule has 0 saturated heterocycles. The molecule has 0 radical (unpaired) electrons. The summed E-state index contributed by atoms with van der Waals surface area (Å²) < 4.78 is 27.8. The largest absolute Gasteiger partial charge is 0.328 e. The van der Waals surface area contributed by atoms with Gasteiger partial charge >= 0.3 is 0 Å². The number of hydrogen-bond donors (Lipinski definition) is 2. The van der Waals surface area contributed by atoms with E-state index >= 15 is 0 Å². The number of nitrogens with two attached hydrogens (primary N) is 1. The fraction of sp³-hybridized carbons (Fsp3) is 0.545. The highest BCUT2D eigenvalue weighted by molar-refractivity contribution is 9.10. The van der Waals surface area contributed by atoms with E-state index in [0.29, 0.717) is 4.47 Å². The average molecular weight is 369 g/mol. The van der Waals surface area contributed by atoms with Gasteiger partial charge in [-0.15, -0.1) is 0 Å². The normalized spacial score (nSPS) is 24.4. The standard InChI is InChI=1S/C11H15BrClN3O2S/c12-7-5-10(11(13)15-6-7)19(17,18)16-9-3-1-8(14)2-4-9/h5-6,8-9,16H,1-4,14H2. The Balaban J connectivity index is 2.16. The van der Waals surface area contributed by atoms with Gasteiger partial charge in [-0.25, -0.2) is 18.1 Å². The van der Waals surface area contributed by atoms with Crippen molar-refractivity contribution in [3.05, 3.63) is 21.9 Å². The van der Waals surface area contributed by atoms with Crippen LogP contribution in [0.2, 0.25) is 5.15 Å². The number of hydrogen-bond acceptors (Lipinski definition) is 4. The van der Waals surface area contributed by atoms with E-state index in [4.69, 9.17) is 17.3 Å². The topological polar surface area (TPSA) is 85.1 Å². The number of pyridine rings is 1. The fourth-order valence-electron chi connectivity index (χ4n) is 2.11. The molecule has 2 rings (SSSR count). The van der Waals surface area contributed by atoms with E-state index in [1.807, 2.05) is 0 Å². The maximum absolute atomic E-state index is 12.3. The van der Waals surface area contributed by atoms with Gasteiger partial charge in [-0.1, -0.05) is 11.6 Å². The average Bonchev–Trinajstić information content (AvgIpc) is 2.35. The van der Waals surface area contributed by atoms with E-state index in [9.17, 15) is 8.42 Å². The second-order valence-electron chi connectivity index (χ2n) is 4.68. The second kappa shape index (κ2) is 6.05. The van der Waals surface area contributed by atoms with Crippen molar-refractivity contribution in [1.29, 1.82) is 0 Å². The summed E-state index contributed by atoms with van der Waals surface area (Å²) in [6.07, 6.45) is 4.62. The van der Waals surface area contributed by atoms with E-state index < -0.39 is 10.0 Å². The molecule has 1 aromatic rings. The summed E-state index contributed by atoms with van der Waals surface area (Å²) in [5.74, 6) is 0. The molecule has 5 nitrogen and oxygen atoms in total. The molecule has 3 N–H and O–H groups in total. The Morgan fingerprint density at radius 3 is 2.63 bits per heavy atom. The quantitative estimate of drug-likeness (QED) is 0.800. The highest BCUT2D eigenvalue weighted by atomic mass is 79.9. The van der Waals surface area contributed by atoms with Crippen LogP contribution >= 0.6 is 27.5 Å². The third-order valence-corrected chi connectivity index (χ3v) is 5.54. The van der Waals surface area contributed by atoms with Crippen LogP contribution in [0.1, 0.15) is 25.7 Å². The molecule has 1 aliphatic carbocycles. The van der Waals surface area contributed by atoms with Gasteiger partial charge in [0.05, 0.1) is 0 Å². The summed E-state index contributed by atoms with van der Waals surface area (Å²) >= 11 is 9.04. The summed E-state index contributed by atoms with van der Waals surface area (Å²) in [6.45, 7) is 0. The number of nitrogens with zero attached hydrogens (tertiary/aromatic N) is 1. The van der Waals surface area contributed by atoms with Crippen LogP contribution in [0.4, 0.5) is 0 Å². The highest BCUT2D eigenvalue weighted by Crippen LogP contribution is 2.24. The molecule has 8 heteroatoms. The van der Waals surface area contributed by atoms with Crippen LogP contribution < -0.4 is 10.5 Å². The molecule has 1 aromatic heterocycles. The lowest BCUT2D eigenvalue weighted by atomic mass is 9.93. The Morgan fingerprint density at radius 2 is 2.00 bits per heavy atom. The van der Waals surface area contributed by atoms with Gasteiger partial charge in [0.2, 0.25) is 10.0 Å². The van der Waals surface area contributed by atoms with Crippen molar-refractivity contribution in [2.45, 2.75) is 42.7 Å². The van der Waals surface area contributed by atoms with Gasteiger partial charge in [-0.05, 0) is 47.7 Å². The first-order valence-electron chi connectivity index (χ1n) is 5.97. The Morgan fingerprint density at radius 1 is 1.37 bits per heavy atom. The number of halogens is 2. The summed E-state index contributed by atoms with van der Waals surface area (Å²) in [7, 11) is -3.65. The fourth-order valence-corrected chi connectivity index (χ4v) is 4.36. The van der Waals surface area contributed by atoms with Crippen LogP contribution in [0.15, 0.2) is 21.6 Å². The molecular weight excluding hydrogens is 354 g/mol. The Bertz CT molecular complexity index is 559. The maximum atomic E-state index is 12.3. The minimum atomic E-state index is -3.65. The van der Waals surface area contributed by atoms with E-state index in [0.717, 1.165) is 25.7 Å². The van der Waals surface area contributed by atoms with Crippen LogP contribution in [0, 0.1) is 0 Å². The van der Waals surface area contributed by atoms with Crippen LogP contribution in [0.3, 0.4) is 0 Å². The van der Waals surface area contributed by atoms with Crippen molar-refractivity contribution in [3.8, 4) is 0 Å². The summed E-state index contributed by atoms with van der Waals surface area (Å²) in [5.41, 5.74) is 5.80. The predicted molar refractivity (Wildman–Crippen MR) is 77.5 cm³/mol. The van der Waals surface area contributed by atoms with E-state index in [-0.39, 0.29) is 22.1 Å². The van der Waals surface area contributed by atoms with Crippen molar-refractivity contribution in [3.63, 3.8) is 0 Å². The van der Waals surface area contributed by atoms with Crippen molar-refractivity contribution in [1.82, 2.24) is 9.71 Å². The van der Waals surface area contributed by atoms with Gasteiger partial charge in [0.15, 0.2) is 0 Å². The van der Waals surface area contributed by atoms with Crippen molar-refractivity contribution in [2.24, 2.45) is 5.73 Å². The number of nitrogens with one attached hydrogen (secondary N) is 1. The Labute approximate surface area is 126 Å². The molecule has 0 aliphatic heterocycles. The minimum Gasteiger partial charge on any atom is -0.328 e. The maximum Gasteiger partial charge on any atom is 0.243 e. The molecule has 1 aliphatic rings. The van der Waals surface area contributed by atoms with Gasteiger partial charge in [0.25, 0.3) is 0 Å². The predicted octanol–water partition coefficient (Wildman–Crippen LogP) is 2.05. The van der Waals surface area contributed by atoms with Gasteiger partial charge < -0.3 is 5.73 Å². The van der Waals surface area contributed by atoms with Crippen LogP contribution in [-0.4, -0.2) is 25.5 Å². The number of aromatic nitrogens is 1. The minimum absolute atomic E-state index is 0.00147. The molecular formula is C11H15BrClN3O2S. The lowest BCUT2D eigenvalue weighted by Crippen LogP contribution is -2.40. The second-order valence-corrected chi connectivity index (χ2v) is 7.63. The molecule has 1 heterocycles. The molecule has 106 valence electrons. The van der Waals surface area contributed by atoms with E-state index in [2.05, 4.69) is 25.6 Å². The van der Waals surface area contributed by atoms with E-state index in [1.54, 1.807) is 0 Å². The van der Waals surface area contributed by atoms with Crippen molar-refractivity contribution < 1.29 is 8.42 Å². The SMILES string of the molecule is NC1CCC(NS(=O)(=O)c2cc(Br)cnc2Cl)CC1. The molecule has 1 fully saturated rings. The molecule has 19 heavy (non-hydrogen) atoms. The third kappa shape index (κ3) is 3.88. The first-order valence-corrected chi connectivity index (χ1v) is 8.63. The molecule has 0 unspecified atom stereocenters. The Hall–Kier alpha value is -0.210. The van der Waals surface area contributed by atoms with Gasteiger partial charge in [0.1, 0.15) is 10.0 Å². The van der Waals surface area contributed by atoms with Gasteiger partial charge in [-0.3, -0.25) is 0 Å². The van der Waals surface area contributed by atoms with E-state index in [1.165, 1.54) is 12.3 Å². The van der Waals surface area contributed by atoms with Crippen LogP contribution in [-0.2, 0) is 10.0 Å².